The molecule has 0 atom stereocenters. The van der Waals surface area contributed by atoms with Crippen LogP contribution in [0.2, 0.25) is 0 Å². The number of nitrogens with zero attached hydrogens (tertiary/aromatic N) is 3. The first kappa shape index (κ1) is 17.9. The third kappa shape index (κ3) is 4.54. The number of nitrogens with one attached hydrogen (secondary N) is 1. The van der Waals surface area contributed by atoms with Gasteiger partial charge in [0.05, 0.1) is 0 Å². The van der Waals surface area contributed by atoms with Gasteiger partial charge < -0.3 is 10.2 Å². The molecule has 1 aromatic carbocycles. The smallest absolute Gasteiger partial charge is 0.270 e. The van der Waals surface area contributed by atoms with Gasteiger partial charge in [-0.15, -0.1) is 0 Å². The van der Waals surface area contributed by atoms with Crippen molar-refractivity contribution in [3.8, 4) is 0 Å². The summed E-state index contributed by atoms with van der Waals surface area (Å²) in [6.45, 7) is 12.5. The van der Waals surface area contributed by atoms with Crippen molar-refractivity contribution in [2.24, 2.45) is 0 Å². The largest absolute Gasteiger partial charge is 0.346 e. The van der Waals surface area contributed by atoms with Gasteiger partial charge in [-0.1, -0.05) is 12.1 Å². The van der Waals surface area contributed by atoms with Crippen LogP contribution in [0, 0.1) is 13.8 Å². The van der Waals surface area contributed by atoms with Crippen molar-refractivity contribution in [2.75, 3.05) is 11.4 Å². The van der Waals surface area contributed by atoms with E-state index >= 15 is 0 Å². The lowest BCUT2D eigenvalue weighted by Crippen LogP contribution is -2.41. The number of benzene rings is 1. The van der Waals surface area contributed by atoms with E-state index in [2.05, 4.69) is 46.2 Å². The Hall–Kier alpha value is -2.43. The van der Waals surface area contributed by atoms with Gasteiger partial charge in [0.2, 0.25) is 0 Å². The first-order chi connectivity index (χ1) is 11.2. The molecule has 0 spiro atoms. The van der Waals surface area contributed by atoms with Crippen LogP contribution >= 0.6 is 0 Å². The number of hydrogen-bond donors (Lipinski definition) is 1. The number of anilines is 2. The fourth-order valence-electron chi connectivity index (χ4n) is 2.48. The lowest BCUT2D eigenvalue weighted by molar-refractivity contribution is 0.0914. The van der Waals surface area contributed by atoms with Crippen LogP contribution < -0.4 is 10.2 Å². The summed E-state index contributed by atoms with van der Waals surface area (Å²) >= 11 is 0. The molecule has 0 aliphatic heterocycles. The van der Waals surface area contributed by atoms with Crippen molar-refractivity contribution in [1.82, 2.24) is 15.3 Å². The van der Waals surface area contributed by atoms with Gasteiger partial charge in [0.1, 0.15) is 17.3 Å². The van der Waals surface area contributed by atoms with E-state index in [1.165, 1.54) is 5.56 Å². The molecule has 5 nitrogen and oxygen atoms in total. The van der Waals surface area contributed by atoms with E-state index in [-0.39, 0.29) is 11.4 Å². The molecule has 5 heteroatoms. The molecule has 2 rings (SSSR count). The Morgan fingerprint density at radius 3 is 2.46 bits per heavy atom. The molecule has 2 aromatic rings. The molecule has 1 heterocycles. The quantitative estimate of drug-likeness (QED) is 0.929. The summed E-state index contributed by atoms with van der Waals surface area (Å²) in [5.41, 5.74) is 2.32. The summed E-state index contributed by atoms with van der Waals surface area (Å²) in [7, 11) is 0. The van der Waals surface area contributed by atoms with Crippen LogP contribution in [-0.2, 0) is 0 Å². The van der Waals surface area contributed by atoms with Crippen LogP contribution in [0.4, 0.5) is 11.5 Å². The van der Waals surface area contributed by atoms with E-state index in [0.29, 0.717) is 11.5 Å². The molecule has 0 aliphatic carbocycles. The van der Waals surface area contributed by atoms with Crippen LogP contribution in [0.5, 0.6) is 0 Å². The molecule has 1 amide bonds. The number of aromatic nitrogens is 2. The second kappa shape index (κ2) is 6.99. The van der Waals surface area contributed by atoms with Gasteiger partial charge in [-0.05, 0) is 59.2 Å². The van der Waals surface area contributed by atoms with Crippen molar-refractivity contribution < 1.29 is 4.79 Å². The van der Waals surface area contributed by atoms with Crippen LogP contribution in [0.25, 0.3) is 0 Å². The van der Waals surface area contributed by atoms with Gasteiger partial charge in [-0.2, -0.15) is 0 Å². The predicted octanol–water partition coefficient (Wildman–Crippen LogP) is 3.78. The minimum Gasteiger partial charge on any atom is -0.346 e. The Labute approximate surface area is 144 Å². The number of rotatable bonds is 4. The molecule has 24 heavy (non-hydrogen) atoms. The van der Waals surface area contributed by atoms with Gasteiger partial charge in [0.25, 0.3) is 5.91 Å². The Morgan fingerprint density at radius 2 is 1.88 bits per heavy atom. The van der Waals surface area contributed by atoms with E-state index in [9.17, 15) is 4.79 Å². The lowest BCUT2D eigenvalue weighted by Gasteiger charge is -2.24. The average Bonchev–Trinajstić information content (AvgIpc) is 2.46. The topological polar surface area (TPSA) is 58.1 Å². The highest BCUT2D eigenvalue weighted by atomic mass is 16.2. The highest BCUT2D eigenvalue weighted by Gasteiger charge is 2.19. The number of carbonyl (C=O) groups is 1. The molecule has 0 unspecified atom stereocenters. The Bertz CT molecular complexity index is 734. The minimum absolute atomic E-state index is 0.186. The molecule has 1 N–H and O–H groups in total. The molecule has 0 saturated heterocycles. The second-order valence-corrected chi connectivity index (χ2v) is 6.95. The van der Waals surface area contributed by atoms with Crippen molar-refractivity contribution >= 4 is 17.4 Å². The first-order valence-electron chi connectivity index (χ1n) is 8.22. The van der Waals surface area contributed by atoms with Crippen LogP contribution in [-0.4, -0.2) is 28.0 Å². The maximum absolute atomic E-state index is 12.4. The minimum atomic E-state index is -0.308. The molecule has 0 aliphatic rings. The van der Waals surface area contributed by atoms with Crippen molar-refractivity contribution in [3.63, 3.8) is 0 Å². The molecule has 0 fully saturated rings. The second-order valence-electron chi connectivity index (χ2n) is 6.95. The molecular formula is C19H26N4O. The van der Waals surface area contributed by atoms with Gasteiger partial charge in [0, 0.05) is 23.8 Å². The van der Waals surface area contributed by atoms with Crippen LogP contribution in [0.15, 0.2) is 30.3 Å². The van der Waals surface area contributed by atoms with E-state index < -0.39 is 0 Å². The summed E-state index contributed by atoms with van der Waals surface area (Å²) in [6, 6.07) is 9.98. The Morgan fingerprint density at radius 1 is 1.17 bits per heavy atom. The normalized spacial score (nSPS) is 11.2. The van der Waals surface area contributed by atoms with Gasteiger partial charge >= 0.3 is 0 Å². The van der Waals surface area contributed by atoms with Crippen molar-refractivity contribution in [3.05, 3.63) is 47.4 Å². The summed E-state index contributed by atoms with van der Waals surface area (Å²) in [5.74, 6) is 1.13. The summed E-state index contributed by atoms with van der Waals surface area (Å²) in [5, 5.41) is 2.95. The monoisotopic (exact) mass is 326 g/mol. The SMILES string of the molecule is CCN(c1cccc(C)c1)c1cc(C(=O)NC(C)(C)C)nc(C)n1. The molecule has 1 aromatic heterocycles. The van der Waals surface area contributed by atoms with Gasteiger partial charge in [0.15, 0.2) is 0 Å². The molecule has 0 bridgehead atoms. The van der Waals surface area contributed by atoms with E-state index in [1.807, 2.05) is 32.9 Å². The van der Waals surface area contributed by atoms with Crippen molar-refractivity contribution in [2.45, 2.75) is 47.1 Å². The van der Waals surface area contributed by atoms with E-state index in [4.69, 9.17) is 0 Å². The fourth-order valence-corrected chi connectivity index (χ4v) is 2.48. The molecule has 128 valence electrons. The number of carbonyl (C=O) groups excluding carboxylic acids is 1. The van der Waals surface area contributed by atoms with Crippen LogP contribution in [0.3, 0.4) is 0 Å². The summed E-state index contributed by atoms with van der Waals surface area (Å²) in [6.07, 6.45) is 0. The van der Waals surface area contributed by atoms with Crippen LogP contribution in [0.1, 0.15) is 49.6 Å². The maximum Gasteiger partial charge on any atom is 0.270 e. The number of amides is 1. The fraction of sp³-hybridized carbons (Fsp3) is 0.421. The van der Waals surface area contributed by atoms with Gasteiger partial charge in [-0.25, -0.2) is 9.97 Å². The van der Waals surface area contributed by atoms with Crippen molar-refractivity contribution in [1.29, 1.82) is 0 Å². The number of hydrogen-bond acceptors (Lipinski definition) is 4. The molecule has 0 saturated carbocycles. The third-order valence-corrected chi connectivity index (χ3v) is 3.45. The Kier molecular flexibility index (Phi) is 5.22. The average molecular weight is 326 g/mol. The van der Waals surface area contributed by atoms with E-state index in [0.717, 1.165) is 18.1 Å². The zero-order valence-corrected chi connectivity index (χ0v) is 15.3. The maximum atomic E-state index is 12.4. The molecular weight excluding hydrogens is 300 g/mol. The zero-order chi connectivity index (χ0) is 17.9. The third-order valence-electron chi connectivity index (χ3n) is 3.45. The molecule has 0 radical (unpaired) electrons. The number of aryl methyl sites for hydroxylation is 2. The zero-order valence-electron chi connectivity index (χ0n) is 15.3. The Balaban J connectivity index is 2.41. The predicted molar refractivity (Wildman–Crippen MR) is 97.8 cm³/mol. The first-order valence-corrected chi connectivity index (χ1v) is 8.22. The highest BCUT2D eigenvalue weighted by molar-refractivity contribution is 5.93. The lowest BCUT2D eigenvalue weighted by atomic mass is 10.1. The standard InChI is InChI=1S/C19H26N4O/c1-7-23(15-10-8-9-13(2)11-15)17-12-16(20-14(3)21-17)18(24)22-19(4,5)6/h8-12H,7H2,1-6H3,(H,22,24). The van der Waals surface area contributed by atoms with Gasteiger partial charge in [-0.3, -0.25) is 4.79 Å². The highest BCUT2D eigenvalue weighted by Crippen LogP contribution is 2.24. The summed E-state index contributed by atoms with van der Waals surface area (Å²) < 4.78 is 0. The van der Waals surface area contributed by atoms with E-state index in [1.54, 1.807) is 13.0 Å². The summed E-state index contributed by atoms with van der Waals surface area (Å²) in [4.78, 5) is 23.3.